The number of aromatic carboxylic acids is 1. The lowest BCUT2D eigenvalue weighted by Gasteiger charge is -2.12. The van der Waals surface area contributed by atoms with Crippen molar-refractivity contribution in [3.63, 3.8) is 0 Å². The lowest BCUT2D eigenvalue weighted by molar-refractivity contribution is 0.0696. The van der Waals surface area contributed by atoms with E-state index in [2.05, 4.69) is 12.2 Å². The molecular weight excluding hydrogens is 245 g/mol. The van der Waals surface area contributed by atoms with Gasteiger partial charge >= 0.3 is 5.97 Å². The van der Waals surface area contributed by atoms with Gasteiger partial charge in [-0.3, -0.25) is 0 Å². The Morgan fingerprint density at radius 2 is 2.26 bits per heavy atom. The first kappa shape index (κ1) is 14.0. The molecule has 2 atom stereocenters. The third-order valence-corrected chi connectivity index (χ3v) is 3.84. The van der Waals surface area contributed by atoms with Crippen LogP contribution < -0.4 is 5.32 Å². The Bertz CT molecular complexity index is 461. The summed E-state index contributed by atoms with van der Waals surface area (Å²) >= 11 is 0. The first-order valence-electron chi connectivity index (χ1n) is 6.78. The molecule has 19 heavy (non-hydrogen) atoms. The van der Waals surface area contributed by atoms with Gasteiger partial charge in [-0.1, -0.05) is 13.3 Å². The number of carboxylic acids is 1. The number of hydrogen-bond acceptors (Lipinski definition) is 2. The molecule has 0 amide bonds. The lowest BCUT2D eigenvalue weighted by Crippen LogP contribution is -2.21. The van der Waals surface area contributed by atoms with Crippen LogP contribution in [0.25, 0.3) is 0 Å². The quantitative estimate of drug-likeness (QED) is 0.860. The molecule has 0 spiro atoms. The molecule has 1 saturated carbocycles. The van der Waals surface area contributed by atoms with Crippen molar-refractivity contribution < 1.29 is 14.3 Å². The Kier molecular flexibility index (Phi) is 4.53. The molecule has 0 bridgehead atoms. The molecule has 0 aliphatic heterocycles. The Morgan fingerprint density at radius 1 is 1.47 bits per heavy atom. The molecule has 0 heterocycles. The van der Waals surface area contributed by atoms with Gasteiger partial charge in [0.25, 0.3) is 0 Å². The Labute approximate surface area is 112 Å². The average Bonchev–Trinajstić information content (AvgIpc) is 2.77. The summed E-state index contributed by atoms with van der Waals surface area (Å²) in [6.07, 6.45) is 3.73. The fourth-order valence-electron chi connectivity index (χ4n) is 2.76. The van der Waals surface area contributed by atoms with E-state index in [1.54, 1.807) is 0 Å². The van der Waals surface area contributed by atoms with Crippen molar-refractivity contribution in [2.75, 3.05) is 6.54 Å². The van der Waals surface area contributed by atoms with Gasteiger partial charge in [0.05, 0.1) is 5.56 Å². The molecule has 0 aromatic heterocycles. The van der Waals surface area contributed by atoms with Gasteiger partial charge in [0, 0.05) is 12.1 Å². The summed E-state index contributed by atoms with van der Waals surface area (Å²) in [4.78, 5) is 10.8. The van der Waals surface area contributed by atoms with Gasteiger partial charge in [0.1, 0.15) is 5.82 Å². The zero-order valence-electron chi connectivity index (χ0n) is 11.2. The molecular formula is C15H20FNO2. The highest BCUT2D eigenvalue weighted by Crippen LogP contribution is 2.29. The highest BCUT2D eigenvalue weighted by Gasteiger charge is 2.20. The molecule has 104 valence electrons. The molecule has 1 aromatic rings. The second-order valence-electron chi connectivity index (χ2n) is 5.53. The van der Waals surface area contributed by atoms with Gasteiger partial charge in [-0.05, 0) is 49.4 Å². The maximum Gasteiger partial charge on any atom is 0.335 e. The molecule has 2 unspecified atom stereocenters. The third kappa shape index (κ3) is 3.77. The fraction of sp³-hybridized carbons (Fsp3) is 0.533. The van der Waals surface area contributed by atoms with Gasteiger partial charge in [0.15, 0.2) is 0 Å². The predicted octanol–water partition coefficient (Wildman–Crippen LogP) is 3.05. The highest BCUT2D eigenvalue weighted by atomic mass is 19.1. The van der Waals surface area contributed by atoms with E-state index in [0.717, 1.165) is 12.5 Å². The van der Waals surface area contributed by atoms with Crippen LogP contribution in [0.1, 0.15) is 42.1 Å². The van der Waals surface area contributed by atoms with Crippen LogP contribution in [-0.4, -0.2) is 17.6 Å². The number of carbonyl (C=O) groups is 1. The molecule has 1 aliphatic rings. The van der Waals surface area contributed by atoms with E-state index >= 15 is 0 Å². The van der Waals surface area contributed by atoms with Gasteiger partial charge in [-0.15, -0.1) is 0 Å². The van der Waals surface area contributed by atoms with Crippen LogP contribution in [0, 0.1) is 17.7 Å². The molecule has 0 radical (unpaired) electrons. The molecule has 4 heteroatoms. The summed E-state index contributed by atoms with van der Waals surface area (Å²) in [5.74, 6) is 0.0859. The minimum absolute atomic E-state index is 0.132. The van der Waals surface area contributed by atoms with Crippen LogP contribution in [0.15, 0.2) is 18.2 Å². The summed E-state index contributed by atoms with van der Waals surface area (Å²) in [6, 6.07) is 3.92. The maximum atomic E-state index is 13.6. The average molecular weight is 265 g/mol. The maximum absolute atomic E-state index is 13.6. The standard InChI is InChI=1S/C15H20FNO2/c1-10-2-3-11(6-10)8-17-9-13-7-12(15(18)19)4-5-14(13)16/h4-5,7,10-11,17H,2-3,6,8-9H2,1H3,(H,18,19). The normalized spacial score (nSPS) is 22.6. The highest BCUT2D eigenvalue weighted by molar-refractivity contribution is 5.87. The van der Waals surface area contributed by atoms with Crippen LogP contribution >= 0.6 is 0 Å². The molecule has 2 rings (SSSR count). The van der Waals surface area contributed by atoms with E-state index in [9.17, 15) is 9.18 Å². The molecule has 1 aliphatic carbocycles. The fourth-order valence-corrected chi connectivity index (χ4v) is 2.76. The number of halogens is 1. The van der Waals surface area contributed by atoms with Crippen molar-refractivity contribution in [2.24, 2.45) is 11.8 Å². The first-order valence-corrected chi connectivity index (χ1v) is 6.78. The minimum Gasteiger partial charge on any atom is -0.478 e. The Hall–Kier alpha value is -1.42. The van der Waals surface area contributed by atoms with Crippen molar-refractivity contribution in [1.29, 1.82) is 0 Å². The zero-order chi connectivity index (χ0) is 13.8. The summed E-state index contributed by atoms with van der Waals surface area (Å²) in [5, 5.41) is 12.1. The Morgan fingerprint density at radius 3 is 2.89 bits per heavy atom. The third-order valence-electron chi connectivity index (χ3n) is 3.84. The number of benzene rings is 1. The molecule has 0 saturated heterocycles. The van der Waals surface area contributed by atoms with Crippen molar-refractivity contribution in [3.05, 3.63) is 35.1 Å². The van der Waals surface area contributed by atoms with Crippen molar-refractivity contribution in [1.82, 2.24) is 5.32 Å². The van der Waals surface area contributed by atoms with Crippen LogP contribution in [0.2, 0.25) is 0 Å². The SMILES string of the molecule is CC1CCC(CNCc2cc(C(=O)O)ccc2F)C1. The summed E-state index contributed by atoms with van der Waals surface area (Å²) < 4.78 is 13.6. The van der Waals surface area contributed by atoms with Crippen LogP contribution in [-0.2, 0) is 6.54 Å². The summed E-state index contributed by atoms with van der Waals surface area (Å²) in [5.41, 5.74) is 0.554. The van der Waals surface area contributed by atoms with E-state index in [1.807, 2.05) is 0 Å². The second-order valence-corrected chi connectivity index (χ2v) is 5.53. The molecule has 2 N–H and O–H groups in total. The zero-order valence-corrected chi connectivity index (χ0v) is 11.2. The number of carboxylic acid groups (broad SMARTS) is 1. The monoisotopic (exact) mass is 265 g/mol. The van der Waals surface area contributed by atoms with Crippen molar-refractivity contribution in [3.8, 4) is 0 Å². The predicted molar refractivity (Wildman–Crippen MR) is 71.6 cm³/mol. The van der Waals surface area contributed by atoms with Crippen LogP contribution in [0.4, 0.5) is 4.39 Å². The van der Waals surface area contributed by atoms with Crippen LogP contribution in [0.3, 0.4) is 0 Å². The van der Waals surface area contributed by atoms with Crippen molar-refractivity contribution in [2.45, 2.75) is 32.7 Å². The lowest BCUT2D eigenvalue weighted by atomic mass is 10.1. The van der Waals surface area contributed by atoms with Gasteiger partial charge < -0.3 is 10.4 Å². The van der Waals surface area contributed by atoms with Crippen LogP contribution in [0.5, 0.6) is 0 Å². The number of hydrogen-bond donors (Lipinski definition) is 2. The topological polar surface area (TPSA) is 49.3 Å². The summed E-state index contributed by atoms with van der Waals surface area (Å²) in [7, 11) is 0. The van der Waals surface area contributed by atoms with Gasteiger partial charge in [-0.25, -0.2) is 9.18 Å². The van der Waals surface area contributed by atoms with E-state index in [4.69, 9.17) is 5.11 Å². The second kappa shape index (κ2) is 6.15. The van der Waals surface area contributed by atoms with Gasteiger partial charge in [0.2, 0.25) is 0 Å². The number of nitrogens with one attached hydrogen (secondary N) is 1. The van der Waals surface area contributed by atoms with E-state index in [1.165, 1.54) is 37.5 Å². The first-order chi connectivity index (χ1) is 9.06. The minimum atomic E-state index is -1.02. The van der Waals surface area contributed by atoms with Gasteiger partial charge in [-0.2, -0.15) is 0 Å². The van der Waals surface area contributed by atoms with E-state index in [0.29, 0.717) is 18.0 Å². The summed E-state index contributed by atoms with van der Waals surface area (Å²) in [6.45, 7) is 3.52. The molecule has 1 aromatic carbocycles. The van der Waals surface area contributed by atoms with E-state index in [-0.39, 0.29) is 11.4 Å². The smallest absolute Gasteiger partial charge is 0.335 e. The molecule has 3 nitrogen and oxygen atoms in total. The number of rotatable bonds is 5. The van der Waals surface area contributed by atoms with Crippen molar-refractivity contribution >= 4 is 5.97 Å². The van der Waals surface area contributed by atoms with E-state index < -0.39 is 5.97 Å². The molecule has 1 fully saturated rings. The Balaban J connectivity index is 1.88. The largest absolute Gasteiger partial charge is 0.478 e.